The average molecular weight is 444 g/mol. The molecule has 168 valence electrons. The molecule has 9 heteroatoms. The van der Waals surface area contributed by atoms with E-state index in [0.29, 0.717) is 28.8 Å². The van der Waals surface area contributed by atoms with Gasteiger partial charge in [-0.25, -0.2) is 4.68 Å². The van der Waals surface area contributed by atoms with E-state index in [1.165, 1.54) is 0 Å². The summed E-state index contributed by atoms with van der Waals surface area (Å²) in [6, 6.07) is 20.1. The number of benzene rings is 2. The molecule has 1 amide bonds. The molecule has 2 N–H and O–H groups in total. The number of carbonyl (C=O) groups excluding carboxylic acids is 1. The minimum Gasteiger partial charge on any atom is -0.493 e. The third kappa shape index (κ3) is 5.45. The van der Waals surface area contributed by atoms with Crippen molar-refractivity contribution >= 4 is 23.1 Å². The fourth-order valence-electron chi connectivity index (χ4n) is 3.23. The van der Waals surface area contributed by atoms with Crippen LogP contribution in [0.5, 0.6) is 11.5 Å². The van der Waals surface area contributed by atoms with Gasteiger partial charge in [0.2, 0.25) is 0 Å². The maximum atomic E-state index is 12.2. The third-order valence-corrected chi connectivity index (χ3v) is 4.75. The Bertz CT molecular complexity index is 1240. The zero-order valence-electron chi connectivity index (χ0n) is 18.6. The number of methoxy groups -OCH3 is 1. The first kappa shape index (κ1) is 21.8. The number of aromatic nitrogens is 4. The number of hydrogen-bond acceptors (Lipinski definition) is 7. The molecule has 0 saturated carbocycles. The van der Waals surface area contributed by atoms with E-state index in [0.717, 1.165) is 17.1 Å². The van der Waals surface area contributed by atoms with Gasteiger partial charge in [0.1, 0.15) is 0 Å². The molecule has 9 nitrogen and oxygen atoms in total. The summed E-state index contributed by atoms with van der Waals surface area (Å²) in [6.07, 6.45) is 0. The molecular formula is C24H24N6O3. The highest BCUT2D eigenvalue weighted by Gasteiger charge is 2.08. The van der Waals surface area contributed by atoms with Crippen LogP contribution >= 0.6 is 0 Å². The number of nitrogens with one attached hydrogen (secondary N) is 2. The Hall–Kier alpha value is -4.40. The van der Waals surface area contributed by atoms with E-state index in [1.807, 2.05) is 56.3 Å². The van der Waals surface area contributed by atoms with Crippen molar-refractivity contribution in [2.75, 3.05) is 24.4 Å². The van der Waals surface area contributed by atoms with Crippen LogP contribution < -0.4 is 20.1 Å². The lowest BCUT2D eigenvalue weighted by Crippen LogP contribution is -2.20. The topological polar surface area (TPSA) is 103 Å². The van der Waals surface area contributed by atoms with Crippen LogP contribution in [-0.2, 0) is 4.79 Å². The van der Waals surface area contributed by atoms with Crippen LogP contribution in [0.15, 0.2) is 66.7 Å². The largest absolute Gasteiger partial charge is 0.493 e. The number of hydrogen-bond donors (Lipinski definition) is 2. The van der Waals surface area contributed by atoms with Gasteiger partial charge in [0, 0.05) is 17.1 Å². The molecule has 4 aromatic rings. The first-order valence-electron chi connectivity index (χ1n) is 10.3. The Morgan fingerprint density at radius 1 is 0.939 bits per heavy atom. The van der Waals surface area contributed by atoms with Crippen LogP contribution in [-0.4, -0.2) is 39.6 Å². The van der Waals surface area contributed by atoms with Crippen LogP contribution in [0.25, 0.3) is 5.82 Å². The second kappa shape index (κ2) is 9.82. The molecule has 33 heavy (non-hydrogen) atoms. The molecule has 0 spiro atoms. The molecule has 2 heterocycles. The SMILES string of the molecule is COc1ccccc1OCC(=O)Nc1ccc(Nc2ccc(-n3nc(C)cc3C)nn2)cc1. The third-order valence-electron chi connectivity index (χ3n) is 4.75. The van der Waals surface area contributed by atoms with E-state index < -0.39 is 0 Å². The highest BCUT2D eigenvalue weighted by atomic mass is 16.5. The standard InChI is InChI=1S/C24H24N6O3/c1-16-14-17(2)30(29-16)23-13-12-22(27-28-23)25-18-8-10-19(11-9-18)26-24(31)15-33-21-7-5-4-6-20(21)32-3/h4-14H,15H2,1-3H3,(H,25,27)(H,26,31). The van der Waals surface area contributed by atoms with Gasteiger partial charge in [0.25, 0.3) is 5.91 Å². The number of rotatable bonds is 8. The van der Waals surface area contributed by atoms with Crippen LogP contribution in [0.3, 0.4) is 0 Å². The summed E-state index contributed by atoms with van der Waals surface area (Å²) in [5, 5.41) is 18.9. The second-order valence-corrected chi connectivity index (χ2v) is 7.31. The Labute approximate surface area is 191 Å². The normalized spacial score (nSPS) is 10.5. The van der Waals surface area contributed by atoms with Crippen molar-refractivity contribution in [1.29, 1.82) is 0 Å². The average Bonchev–Trinajstić information content (AvgIpc) is 3.17. The minimum absolute atomic E-state index is 0.127. The summed E-state index contributed by atoms with van der Waals surface area (Å²) in [5.41, 5.74) is 3.38. The maximum Gasteiger partial charge on any atom is 0.262 e. The number of nitrogens with zero attached hydrogens (tertiary/aromatic N) is 4. The van der Waals surface area contributed by atoms with Gasteiger partial charge in [-0.1, -0.05) is 12.1 Å². The zero-order valence-corrected chi connectivity index (χ0v) is 18.6. The quantitative estimate of drug-likeness (QED) is 0.423. The van der Waals surface area contributed by atoms with Crippen molar-refractivity contribution in [1.82, 2.24) is 20.0 Å². The van der Waals surface area contributed by atoms with Gasteiger partial charge in [-0.2, -0.15) is 5.10 Å². The van der Waals surface area contributed by atoms with Crippen LogP contribution in [0, 0.1) is 13.8 Å². The molecule has 0 saturated heterocycles. The Morgan fingerprint density at radius 2 is 1.67 bits per heavy atom. The van der Waals surface area contributed by atoms with Crippen molar-refractivity contribution in [2.24, 2.45) is 0 Å². The van der Waals surface area contributed by atoms with Crippen LogP contribution in [0.1, 0.15) is 11.4 Å². The van der Waals surface area contributed by atoms with E-state index in [-0.39, 0.29) is 12.5 Å². The lowest BCUT2D eigenvalue weighted by Gasteiger charge is -2.11. The predicted octanol–water partition coefficient (Wildman–Crippen LogP) is 4.05. The summed E-state index contributed by atoms with van der Waals surface area (Å²) >= 11 is 0. The number of aryl methyl sites for hydroxylation is 2. The van der Waals surface area contributed by atoms with Crippen molar-refractivity contribution < 1.29 is 14.3 Å². The molecule has 0 aliphatic heterocycles. The molecule has 0 bridgehead atoms. The predicted molar refractivity (Wildman–Crippen MR) is 125 cm³/mol. The van der Waals surface area contributed by atoms with Crippen molar-refractivity contribution in [3.8, 4) is 17.3 Å². The number of amides is 1. The van der Waals surface area contributed by atoms with Gasteiger partial charge in [0.05, 0.1) is 12.8 Å². The monoisotopic (exact) mass is 444 g/mol. The number of ether oxygens (including phenoxy) is 2. The molecule has 0 aliphatic rings. The molecule has 2 aromatic heterocycles. The molecule has 4 rings (SSSR count). The lowest BCUT2D eigenvalue weighted by atomic mass is 10.2. The van der Waals surface area contributed by atoms with Crippen molar-refractivity contribution in [2.45, 2.75) is 13.8 Å². The van der Waals surface area contributed by atoms with E-state index in [9.17, 15) is 4.79 Å². The van der Waals surface area contributed by atoms with Gasteiger partial charge < -0.3 is 20.1 Å². The van der Waals surface area contributed by atoms with Crippen molar-refractivity contribution in [3.05, 3.63) is 78.1 Å². The summed E-state index contributed by atoms with van der Waals surface area (Å²) in [6.45, 7) is 3.78. The molecule has 0 unspecified atom stereocenters. The molecule has 0 radical (unpaired) electrons. The summed E-state index contributed by atoms with van der Waals surface area (Å²) < 4.78 is 12.5. The van der Waals surface area contributed by atoms with E-state index in [2.05, 4.69) is 25.9 Å². The number of carbonyl (C=O) groups is 1. The molecular weight excluding hydrogens is 420 g/mol. The van der Waals surface area contributed by atoms with E-state index in [4.69, 9.17) is 9.47 Å². The molecule has 0 aliphatic carbocycles. The lowest BCUT2D eigenvalue weighted by molar-refractivity contribution is -0.118. The molecule has 0 fully saturated rings. The van der Waals surface area contributed by atoms with Crippen LogP contribution in [0.2, 0.25) is 0 Å². The second-order valence-electron chi connectivity index (χ2n) is 7.31. The van der Waals surface area contributed by atoms with Gasteiger partial charge in [0.15, 0.2) is 29.7 Å². The fraction of sp³-hybridized carbons (Fsp3) is 0.167. The highest BCUT2D eigenvalue weighted by Crippen LogP contribution is 2.25. The summed E-state index contributed by atoms with van der Waals surface area (Å²) in [4.78, 5) is 12.2. The zero-order chi connectivity index (χ0) is 23.2. The Morgan fingerprint density at radius 3 is 2.30 bits per heavy atom. The number of para-hydroxylation sites is 2. The van der Waals surface area contributed by atoms with Gasteiger partial charge in [-0.15, -0.1) is 10.2 Å². The van der Waals surface area contributed by atoms with Gasteiger partial charge >= 0.3 is 0 Å². The van der Waals surface area contributed by atoms with Crippen molar-refractivity contribution in [3.63, 3.8) is 0 Å². The van der Waals surface area contributed by atoms with Crippen LogP contribution in [0.4, 0.5) is 17.2 Å². The summed E-state index contributed by atoms with van der Waals surface area (Å²) in [5.74, 6) is 2.07. The van der Waals surface area contributed by atoms with E-state index >= 15 is 0 Å². The van der Waals surface area contributed by atoms with Gasteiger partial charge in [-0.3, -0.25) is 4.79 Å². The highest BCUT2D eigenvalue weighted by molar-refractivity contribution is 5.92. The number of anilines is 3. The molecule has 2 aromatic carbocycles. The fourth-order valence-corrected chi connectivity index (χ4v) is 3.23. The first-order chi connectivity index (χ1) is 16.0. The Balaban J connectivity index is 1.31. The molecule has 0 atom stereocenters. The van der Waals surface area contributed by atoms with E-state index in [1.54, 1.807) is 36.1 Å². The smallest absolute Gasteiger partial charge is 0.262 e. The Kier molecular flexibility index (Phi) is 6.49. The minimum atomic E-state index is -0.271. The van der Waals surface area contributed by atoms with Gasteiger partial charge in [-0.05, 0) is 68.4 Å². The first-order valence-corrected chi connectivity index (χ1v) is 10.3. The summed E-state index contributed by atoms with van der Waals surface area (Å²) in [7, 11) is 1.55. The maximum absolute atomic E-state index is 12.2.